The van der Waals surface area contributed by atoms with Crippen LogP contribution in [0.4, 0.5) is 0 Å². The number of carbonyl (C=O) groups excluding carboxylic acids is 1. The summed E-state index contributed by atoms with van der Waals surface area (Å²) in [7, 11) is -0.553. The smallest absolute Gasteiger partial charge is 0.219 e. The monoisotopic (exact) mass is 301 g/mol. The molecule has 1 aromatic rings. The highest BCUT2D eigenvalue weighted by Gasteiger charge is 2.17. The topological polar surface area (TPSA) is 81.7 Å². The van der Waals surface area contributed by atoms with E-state index in [2.05, 4.69) is 5.32 Å². The van der Waals surface area contributed by atoms with E-state index in [0.717, 1.165) is 0 Å². The van der Waals surface area contributed by atoms with Crippen molar-refractivity contribution in [1.82, 2.24) is 5.32 Å². The lowest BCUT2D eigenvalue weighted by molar-refractivity contribution is -0.120. The van der Waals surface area contributed by atoms with Crippen LogP contribution in [0.5, 0.6) is 11.5 Å². The van der Waals surface area contributed by atoms with E-state index in [1.807, 2.05) is 0 Å². The first kappa shape index (κ1) is 16.3. The highest BCUT2D eigenvalue weighted by atomic mass is 32.2. The third-order valence-electron chi connectivity index (χ3n) is 2.73. The summed E-state index contributed by atoms with van der Waals surface area (Å²) >= 11 is 0. The van der Waals surface area contributed by atoms with E-state index in [1.54, 1.807) is 6.92 Å². The van der Waals surface area contributed by atoms with Gasteiger partial charge in [0.1, 0.15) is 0 Å². The number of carbonyl (C=O) groups is 1. The molecule has 1 amide bonds. The second-order valence-electron chi connectivity index (χ2n) is 4.04. The van der Waals surface area contributed by atoms with Crippen molar-refractivity contribution in [1.29, 1.82) is 0 Å². The van der Waals surface area contributed by atoms with Crippen molar-refractivity contribution in [2.45, 2.75) is 18.2 Å². The quantitative estimate of drug-likeness (QED) is 0.812. The van der Waals surface area contributed by atoms with Crippen LogP contribution in [0.15, 0.2) is 23.1 Å². The van der Waals surface area contributed by atoms with Gasteiger partial charge in [0.2, 0.25) is 5.91 Å². The molecule has 0 fully saturated rings. The predicted molar refractivity (Wildman–Crippen MR) is 74.9 cm³/mol. The molecule has 0 aromatic heterocycles. The van der Waals surface area contributed by atoms with Crippen LogP contribution in [-0.2, 0) is 14.6 Å². The summed E-state index contributed by atoms with van der Waals surface area (Å²) in [6.45, 7) is 1.79. The SMILES string of the molecule is CCC(=O)NCCS(=O)(=O)c1ccc(OC)c(OC)c1. The van der Waals surface area contributed by atoms with Gasteiger partial charge in [-0.05, 0) is 12.1 Å². The molecule has 0 bridgehead atoms. The van der Waals surface area contributed by atoms with Crippen molar-refractivity contribution in [3.05, 3.63) is 18.2 Å². The molecule has 0 saturated carbocycles. The van der Waals surface area contributed by atoms with Crippen LogP contribution < -0.4 is 14.8 Å². The number of amides is 1. The van der Waals surface area contributed by atoms with Gasteiger partial charge in [-0.3, -0.25) is 4.79 Å². The Morgan fingerprint density at radius 3 is 2.40 bits per heavy atom. The van der Waals surface area contributed by atoms with E-state index < -0.39 is 9.84 Å². The molecule has 1 aromatic carbocycles. The molecule has 0 aliphatic carbocycles. The lowest BCUT2D eigenvalue weighted by atomic mass is 10.3. The van der Waals surface area contributed by atoms with Gasteiger partial charge in [-0.15, -0.1) is 0 Å². The number of ether oxygens (including phenoxy) is 2. The van der Waals surface area contributed by atoms with E-state index in [-0.39, 0.29) is 23.1 Å². The Morgan fingerprint density at radius 2 is 1.85 bits per heavy atom. The van der Waals surface area contributed by atoms with Gasteiger partial charge < -0.3 is 14.8 Å². The molecule has 0 aliphatic rings. The Bertz CT molecular complexity index is 568. The molecule has 1 rings (SSSR count). The molecule has 0 radical (unpaired) electrons. The van der Waals surface area contributed by atoms with Crippen molar-refractivity contribution in [3.63, 3.8) is 0 Å². The van der Waals surface area contributed by atoms with E-state index in [0.29, 0.717) is 17.9 Å². The maximum absolute atomic E-state index is 12.1. The Hall–Kier alpha value is -1.76. The van der Waals surface area contributed by atoms with Gasteiger partial charge in [-0.25, -0.2) is 8.42 Å². The molecule has 0 saturated heterocycles. The summed E-state index contributed by atoms with van der Waals surface area (Å²) < 4.78 is 34.4. The molecular formula is C13H19NO5S. The minimum absolute atomic E-state index is 0.0867. The lowest BCUT2D eigenvalue weighted by Gasteiger charge is -2.10. The molecule has 0 aliphatic heterocycles. The Kier molecular flexibility index (Phi) is 5.82. The maximum atomic E-state index is 12.1. The van der Waals surface area contributed by atoms with Crippen molar-refractivity contribution in [2.75, 3.05) is 26.5 Å². The minimum Gasteiger partial charge on any atom is -0.493 e. The minimum atomic E-state index is -3.47. The molecule has 0 atom stereocenters. The van der Waals surface area contributed by atoms with Gasteiger partial charge in [0.15, 0.2) is 21.3 Å². The summed E-state index contributed by atoms with van der Waals surface area (Å²) in [6.07, 6.45) is 0.330. The molecular weight excluding hydrogens is 282 g/mol. The summed E-state index contributed by atoms with van der Waals surface area (Å²) in [5, 5.41) is 2.54. The van der Waals surface area contributed by atoms with Gasteiger partial charge in [0.25, 0.3) is 0 Å². The lowest BCUT2D eigenvalue weighted by Crippen LogP contribution is -2.28. The van der Waals surface area contributed by atoms with Gasteiger partial charge in [-0.1, -0.05) is 6.92 Å². The highest BCUT2D eigenvalue weighted by molar-refractivity contribution is 7.91. The molecule has 0 unspecified atom stereocenters. The second kappa shape index (κ2) is 7.14. The van der Waals surface area contributed by atoms with E-state index >= 15 is 0 Å². The van der Waals surface area contributed by atoms with Crippen LogP contribution in [0.2, 0.25) is 0 Å². The first-order valence-corrected chi connectivity index (χ1v) is 7.81. The third kappa shape index (κ3) is 4.12. The van der Waals surface area contributed by atoms with Crippen LogP contribution in [0.25, 0.3) is 0 Å². The van der Waals surface area contributed by atoms with Gasteiger partial charge in [0.05, 0.1) is 24.9 Å². The average Bonchev–Trinajstić information content (AvgIpc) is 2.45. The fourth-order valence-electron chi connectivity index (χ4n) is 1.58. The van der Waals surface area contributed by atoms with E-state index in [9.17, 15) is 13.2 Å². The molecule has 112 valence electrons. The summed E-state index contributed by atoms with van der Waals surface area (Å²) in [5.74, 6) is 0.484. The average molecular weight is 301 g/mol. The molecule has 7 heteroatoms. The third-order valence-corrected chi connectivity index (χ3v) is 4.44. The number of methoxy groups -OCH3 is 2. The van der Waals surface area contributed by atoms with E-state index in [1.165, 1.54) is 32.4 Å². The summed E-state index contributed by atoms with van der Waals surface area (Å²) in [6, 6.07) is 4.41. The zero-order valence-electron chi connectivity index (χ0n) is 11.8. The Balaban J connectivity index is 2.84. The first-order valence-electron chi connectivity index (χ1n) is 6.16. The number of nitrogens with one attached hydrogen (secondary N) is 1. The van der Waals surface area contributed by atoms with Crippen LogP contribution in [0.1, 0.15) is 13.3 Å². The molecule has 20 heavy (non-hydrogen) atoms. The van der Waals surface area contributed by atoms with Crippen LogP contribution in [0, 0.1) is 0 Å². The van der Waals surface area contributed by atoms with Crippen molar-refractivity contribution in [3.8, 4) is 11.5 Å². The predicted octanol–water partition coefficient (Wildman–Crippen LogP) is 1.00. The number of benzene rings is 1. The highest BCUT2D eigenvalue weighted by Crippen LogP contribution is 2.29. The van der Waals surface area contributed by atoms with Crippen molar-refractivity contribution < 1.29 is 22.7 Å². The number of rotatable bonds is 7. The molecule has 0 spiro atoms. The van der Waals surface area contributed by atoms with Gasteiger partial charge in [0, 0.05) is 19.0 Å². The van der Waals surface area contributed by atoms with E-state index in [4.69, 9.17) is 9.47 Å². The Labute approximate surface area is 119 Å². The van der Waals surface area contributed by atoms with Crippen LogP contribution >= 0.6 is 0 Å². The summed E-state index contributed by atoms with van der Waals surface area (Å²) in [4.78, 5) is 11.2. The van der Waals surface area contributed by atoms with Crippen molar-refractivity contribution in [2.24, 2.45) is 0 Å². The molecule has 6 nitrogen and oxygen atoms in total. The van der Waals surface area contributed by atoms with Crippen LogP contribution in [-0.4, -0.2) is 40.8 Å². The zero-order chi connectivity index (χ0) is 15.2. The number of sulfone groups is 1. The van der Waals surface area contributed by atoms with Gasteiger partial charge >= 0.3 is 0 Å². The molecule has 1 N–H and O–H groups in total. The maximum Gasteiger partial charge on any atom is 0.219 e. The second-order valence-corrected chi connectivity index (χ2v) is 6.15. The largest absolute Gasteiger partial charge is 0.493 e. The molecule has 0 heterocycles. The standard InChI is InChI=1S/C13H19NO5S/c1-4-13(15)14-7-8-20(16,17)10-5-6-11(18-2)12(9-10)19-3/h5-6,9H,4,7-8H2,1-3H3,(H,14,15). The fourth-order valence-corrected chi connectivity index (χ4v) is 2.75. The number of hydrogen-bond acceptors (Lipinski definition) is 5. The van der Waals surface area contributed by atoms with Crippen molar-refractivity contribution >= 4 is 15.7 Å². The van der Waals surface area contributed by atoms with Crippen LogP contribution in [0.3, 0.4) is 0 Å². The zero-order valence-corrected chi connectivity index (χ0v) is 12.6. The summed E-state index contributed by atoms with van der Waals surface area (Å²) in [5.41, 5.74) is 0. The number of hydrogen-bond donors (Lipinski definition) is 1. The first-order chi connectivity index (χ1) is 9.44. The van der Waals surface area contributed by atoms with Gasteiger partial charge in [-0.2, -0.15) is 0 Å². The normalized spacial score (nSPS) is 10.9. The fraction of sp³-hybridized carbons (Fsp3) is 0.462. The Morgan fingerprint density at radius 1 is 1.20 bits per heavy atom.